The highest BCUT2D eigenvalue weighted by molar-refractivity contribution is 5.76. The third-order valence-electron chi connectivity index (χ3n) is 16.2. The Balaban J connectivity index is 1.47. The minimum absolute atomic E-state index is 0.240. The van der Waals surface area contributed by atoms with Crippen molar-refractivity contribution in [3.63, 3.8) is 0 Å². The Labute approximate surface area is 468 Å². The molecule has 12 N–H and O–H groups in total. The Bertz CT molecular complexity index is 1440. The molecule has 78 heavy (non-hydrogen) atoms. The van der Waals surface area contributed by atoms with Gasteiger partial charge >= 0.3 is 0 Å². The van der Waals surface area contributed by atoms with Crippen LogP contribution in [0.15, 0.2) is 0 Å². The summed E-state index contributed by atoms with van der Waals surface area (Å²) in [4.78, 5) is 13.3. The Morgan fingerprint density at radius 2 is 0.731 bits per heavy atom. The summed E-state index contributed by atoms with van der Waals surface area (Å²) in [5.74, 6) is -0.240. The number of aliphatic hydroxyl groups is 11. The molecule has 1 amide bonds. The van der Waals surface area contributed by atoms with Gasteiger partial charge in [0.15, 0.2) is 18.9 Å². The second-order valence-electron chi connectivity index (χ2n) is 22.9. The van der Waals surface area contributed by atoms with Gasteiger partial charge in [-0.2, -0.15) is 0 Å². The van der Waals surface area contributed by atoms with E-state index in [9.17, 15) is 61.0 Å². The van der Waals surface area contributed by atoms with Gasteiger partial charge in [0.2, 0.25) is 5.91 Å². The molecule has 3 aliphatic rings. The van der Waals surface area contributed by atoms with Crippen molar-refractivity contribution in [1.29, 1.82) is 0 Å². The average Bonchev–Trinajstić information content (AvgIpc) is 3.48. The Hall–Kier alpha value is -1.21. The molecule has 0 aromatic rings. The monoisotopic (exact) mass is 1120 g/mol. The molecular formula is C59H113NO18. The number of hydrogen-bond donors (Lipinski definition) is 12. The van der Waals surface area contributed by atoms with Gasteiger partial charge in [0.1, 0.15) is 73.2 Å². The Kier molecular flexibility index (Phi) is 39.6. The van der Waals surface area contributed by atoms with Gasteiger partial charge in [0, 0.05) is 6.42 Å². The summed E-state index contributed by atoms with van der Waals surface area (Å²) >= 11 is 0. The van der Waals surface area contributed by atoms with Gasteiger partial charge in [0.05, 0.1) is 38.6 Å². The molecule has 17 unspecified atom stereocenters. The average molecular weight is 1120 g/mol. The van der Waals surface area contributed by atoms with E-state index in [-0.39, 0.29) is 18.9 Å². The highest BCUT2D eigenvalue weighted by atomic mass is 16.8. The number of unbranched alkanes of at least 4 members (excludes halogenated alkanes) is 31. The largest absolute Gasteiger partial charge is 0.394 e. The van der Waals surface area contributed by atoms with Crippen molar-refractivity contribution in [2.75, 3.05) is 26.4 Å². The van der Waals surface area contributed by atoms with Crippen LogP contribution in [0.4, 0.5) is 0 Å². The van der Waals surface area contributed by atoms with Crippen LogP contribution >= 0.6 is 0 Å². The molecule has 19 nitrogen and oxygen atoms in total. The van der Waals surface area contributed by atoms with Crippen LogP contribution in [-0.2, 0) is 33.2 Å². The van der Waals surface area contributed by atoms with Crippen LogP contribution in [-0.4, -0.2) is 193 Å². The van der Waals surface area contributed by atoms with Gasteiger partial charge in [-0.05, 0) is 12.8 Å². The van der Waals surface area contributed by atoms with Crippen molar-refractivity contribution in [2.45, 2.75) is 343 Å². The highest BCUT2D eigenvalue weighted by Crippen LogP contribution is 2.33. The molecule has 17 atom stereocenters. The first-order valence-electron chi connectivity index (χ1n) is 31.3. The molecule has 0 aliphatic carbocycles. The first-order chi connectivity index (χ1) is 37.8. The zero-order valence-electron chi connectivity index (χ0n) is 48.2. The number of ether oxygens (including phenoxy) is 6. The maximum atomic E-state index is 13.3. The summed E-state index contributed by atoms with van der Waals surface area (Å²) in [5.41, 5.74) is 0. The van der Waals surface area contributed by atoms with Crippen LogP contribution in [0.25, 0.3) is 0 Å². The van der Waals surface area contributed by atoms with Gasteiger partial charge in [-0.15, -0.1) is 0 Å². The zero-order chi connectivity index (χ0) is 56.9. The lowest BCUT2D eigenvalue weighted by Crippen LogP contribution is -2.66. The topological polar surface area (TPSA) is 307 Å². The number of nitrogens with one attached hydrogen (secondary N) is 1. The molecule has 462 valence electrons. The van der Waals surface area contributed by atoms with Crippen LogP contribution in [0.5, 0.6) is 0 Å². The molecule has 3 heterocycles. The molecule has 3 saturated heterocycles. The van der Waals surface area contributed by atoms with E-state index in [0.717, 1.165) is 44.9 Å². The quantitative estimate of drug-likeness (QED) is 0.0312. The minimum Gasteiger partial charge on any atom is -0.394 e. The molecular weight excluding hydrogens is 1010 g/mol. The summed E-state index contributed by atoms with van der Waals surface area (Å²) < 4.78 is 34.3. The van der Waals surface area contributed by atoms with Crippen molar-refractivity contribution in [1.82, 2.24) is 5.32 Å². The molecule has 19 heteroatoms. The van der Waals surface area contributed by atoms with Crippen molar-refractivity contribution < 1.29 is 89.4 Å². The molecule has 0 aromatic carbocycles. The Morgan fingerprint density at radius 1 is 0.410 bits per heavy atom. The van der Waals surface area contributed by atoms with Crippen molar-refractivity contribution >= 4 is 5.91 Å². The predicted molar refractivity (Wildman–Crippen MR) is 296 cm³/mol. The zero-order valence-corrected chi connectivity index (χ0v) is 48.2. The third kappa shape index (κ3) is 27.0. The maximum absolute atomic E-state index is 13.3. The van der Waals surface area contributed by atoms with Crippen molar-refractivity contribution in [3.05, 3.63) is 0 Å². The van der Waals surface area contributed by atoms with Gasteiger partial charge in [-0.25, -0.2) is 0 Å². The summed E-state index contributed by atoms with van der Waals surface area (Å²) in [6.45, 7) is 1.81. The van der Waals surface area contributed by atoms with Crippen molar-refractivity contribution in [2.24, 2.45) is 0 Å². The molecule has 0 aromatic heterocycles. The fraction of sp³-hybridized carbons (Fsp3) is 0.983. The van der Waals surface area contributed by atoms with Gasteiger partial charge in [-0.1, -0.05) is 219 Å². The number of rotatable bonds is 47. The molecule has 0 spiro atoms. The first-order valence-corrected chi connectivity index (χ1v) is 31.3. The van der Waals surface area contributed by atoms with E-state index in [1.54, 1.807) is 0 Å². The van der Waals surface area contributed by atoms with E-state index in [2.05, 4.69) is 19.2 Å². The fourth-order valence-corrected chi connectivity index (χ4v) is 11.0. The van der Waals surface area contributed by atoms with E-state index in [4.69, 9.17) is 28.4 Å². The van der Waals surface area contributed by atoms with Crippen LogP contribution < -0.4 is 5.32 Å². The van der Waals surface area contributed by atoms with E-state index in [1.807, 2.05) is 0 Å². The highest BCUT2D eigenvalue weighted by Gasteiger charge is 2.53. The van der Waals surface area contributed by atoms with E-state index in [0.29, 0.717) is 12.8 Å². The lowest BCUT2D eigenvalue weighted by molar-refractivity contribution is -0.379. The SMILES string of the molecule is CCCCCCCCCCCCCCCCCCCCCCC(O)C(COC1OC(CO)C(OC2OC(CO)C(OC3OC(CO)C(O)C(O)C3O)C(O)C2O)C(O)C1O)NC(=O)CCCCCCCCCCCCCCC. The number of amides is 1. The van der Waals surface area contributed by atoms with E-state index < -0.39 is 124 Å². The number of aliphatic hydroxyl groups excluding tert-OH is 11. The normalized spacial score (nSPS) is 30.4. The number of hydrogen-bond acceptors (Lipinski definition) is 18. The number of carbonyl (C=O) groups excluding carboxylic acids is 1. The molecule has 3 aliphatic heterocycles. The van der Waals surface area contributed by atoms with Crippen LogP contribution in [0.3, 0.4) is 0 Å². The van der Waals surface area contributed by atoms with E-state index >= 15 is 0 Å². The molecule has 3 rings (SSSR count). The molecule has 0 bridgehead atoms. The molecule has 0 radical (unpaired) electrons. The lowest BCUT2D eigenvalue weighted by atomic mass is 9.96. The fourth-order valence-electron chi connectivity index (χ4n) is 11.0. The molecule has 0 saturated carbocycles. The summed E-state index contributed by atoms with van der Waals surface area (Å²) in [7, 11) is 0. The van der Waals surface area contributed by atoms with Gasteiger partial charge in [0.25, 0.3) is 0 Å². The maximum Gasteiger partial charge on any atom is 0.220 e. The summed E-state index contributed by atoms with van der Waals surface area (Å²) in [5, 5.41) is 120. The Morgan fingerprint density at radius 3 is 1.12 bits per heavy atom. The van der Waals surface area contributed by atoms with Crippen LogP contribution in [0, 0.1) is 0 Å². The van der Waals surface area contributed by atoms with Crippen molar-refractivity contribution in [3.8, 4) is 0 Å². The lowest BCUT2D eigenvalue weighted by Gasteiger charge is -2.48. The second kappa shape index (κ2) is 43.4. The first kappa shape index (κ1) is 71.1. The summed E-state index contributed by atoms with van der Waals surface area (Å²) in [6, 6.07) is -0.880. The van der Waals surface area contributed by atoms with E-state index in [1.165, 1.54) is 161 Å². The smallest absolute Gasteiger partial charge is 0.220 e. The number of carbonyl (C=O) groups is 1. The minimum atomic E-state index is -1.97. The third-order valence-corrected chi connectivity index (χ3v) is 16.2. The van der Waals surface area contributed by atoms with Crippen LogP contribution in [0.1, 0.15) is 239 Å². The van der Waals surface area contributed by atoms with Crippen LogP contribution in [0.2, 0.25) is 0 Å². The van der Waals surface area contributed by atoms with Gasteiger partial charge in [-0.3, -0.25) is 4.79 Å². The second-order valence-corrected chi connectivity index (χ2v) is 22.9. The predicted octanol–water partition coefficient (Wildman–Crippen LogP) is 5.99. The molecule has 3 fully saturated rings. The van der Waals surface area contributed by atoms with Gasteiger partial charge < -0.3 is 89.9 Å². The standard InChI is InChI=1S/C59H113NO18/c1-3-5-7-9-11-13-15-17-18-19-20-21-22-23-25-26-28-30-32-34-36-43(64)42(60-47(65)37-35-33-31-29-27-24-16-14-12-10-8-6-4-2)41-73-57-53(71)50(68)55(45(39-62)75-57)78-59-54(72)51(69)56(46(40-63)76-59)77-58-52(70)49(67)48(66)44(38-61)74-58/h42-46,48-59,61-64,66-72H,3-41H2,1-2H3,(H,60,65). The summed E-state index contributed by atoms with van der Waals surface area (Å²) in [6.07, 6.45) is 14.7.